The number of ether oxygens (including phenoxy) is 3. The summed E-state index contributed by atoms with van der Waals surface area (Å²) in [4.78, 5) is 44.8. The molecule has 9 fully saturated rings. The van der Waals surface area contributed by atoms with Gasteiger partial charge in [-0.05, 0) is 292 Å². The zero-order chi connectivity index (χ0) is 68.0. The van der Waals surface area contributed by atoms with Gasteiger partial charge in [0.1, 0.15) is 18.3 Å². The summed E-state index contributed by atoms with van der Waals surface area (Å²) in [5.74, 6) is 12.5. The van der Waals surface area contributed by atoms with Crippen molar-refractivity contribution < 1.29 is 28.6 Å². The van der Waals surface area contributed by atoms with Crippen molar-refractivity contribution in [2.24, 2.45) is 139 Å². The molecule has 13 rings (SSSR count). The molecule has 96 heavy (non-hydrogen) atoms. The molecule has 0 aliphatic heterocycles. The molecule has 0 heterocycles. The standard InChI is InChI=1S/C90H138O6/c1-55(2)19-16-22-58(7)73-31-34-76-70-28-25-64-52-67(37-43-85(64,10)79(70)40-46-88(73,76)13)94-82(91)61-49-62(83(92)95-68-38-44-86(11)65(53-68)26-29-71-77-35-32-74(59(8)23-17-20-56(3)4)89(77,14)47-41-80(71)86)51-63(50-61)84(93)96-69-39-45-87(12)66(54-69)27-30-72-78-36-33-75(60(9)24-18-21-57(5)6)90(78,15)48-42-81(72)87/h25-27,49-51,55-60,67-81H,16-24,28-48,52-54H2,1-15H3/t58-,59-,60-,67+,68+,69+,70+,71+,72+,73-,74-,75-,76+,77+,78+,79+,80+,81+,85+,86+,87+,88-,89-,90-/m1/s1. The second-order valence-corrected chi connectivity index (χ2v) is 39.5. The van der Waals surface area contributed by atoms with Crippen molar-refractivity contribution in [3.05, 3.63) is 69.8 Å². The maximum Gasteiger partial charge on any atom is 0.338 e. The Bertz CT molecular complexity index is 2740. The van der Waals surface area contributed by atoms with E-state index < -0.39 is 17.9 Å². The van der Waals surface area contributed by atoms with Gasteiger partial charge in [-0.15, -0.1) is 0 Å². The van der Waals surface area contributed by atoms with E-state index >= 15 is 0 Å². The zero-order valence-electron chi connectivity index (χ0n) is 63.9. The smallest absolute Gasteiger partial charge is 0.338 e. The van der Waals surface area contributed by atoms with E-state index in [9.17, 15) is 14.4 Å². The number of carbonyl (C=O) groups excluding carboxylic acids is 3. The van der Waals surface area contributed by atoms with E-state index in [0.29, 0.717) is 34.0 Å². The monoisotopic (exact) mass is 1320 g/mol. The first kappa shape index (κ1) is 71.3. The molecular weight excluding hydrogens is 1180 g/mol. The molecule has 0 bridgehead atoms. The van der Waals surface area contributed by atoms with Crippen molar-refractivity contribution in [1.29, 1.82) is 0 Å². The molecule has 0 spiro atoms. The Morgan fingerprint density at radius 3 is 0.885 bits per heavy atom. The van der Waals surface area contributed by atoms with Crippen LogP contribution in [0.15, 0.2) is 53.1 Å². The molecule has 12 aliphatic carbocycles. The van der Waals surface area contributed by atoms with Crippen LogP contribution in [0.5, 0.6) is 0 Å². The van der Waals surface area contributed by atoms with E-state index in [4.69, 9.17) is 14.2 Å². The summed E-state index contributed by atoms with van der Waals surface area (Å²) in [6, 6.07) is 5.00. The van der Waals surface area contributed by atoms with Crippen LogP contribution in [0.2, 0.25) is 0 Å². The number of rotatable bonds is 21. The summed E-state index contributed by atoms with van der Waals surface area (Å²) < 4.78 is 19.9. The number of fused-ring (bicyclic) bond motifs is 15. The molecule has 0 unspecified atom stereocenters. The Hall–Kier alpha value is -3.15. The number of benzene rings is 1. The third-order valence-corrected chi connectivity index (χ3v) is 33.2. The lowest BCUT2D eigenvalue weighted by molar-refractivity contribution is -0.0596. The highest BCUT2D eigenvalue weighted by Gasteiger charge is 2.63. The van der Waals surface area contributed by atoms with Gasteiger partial charge in [0, 0.05) is 19.3 Å². The van der Waals surface area contributed by atoms with Gasteiger partial charge in [0.2, 0.25) is 0 Å². The summed E-state index contributed by atoms with van der Waals surface area (Å²) in [5, 5.41) is 0. The fourth-order valence-corrected chi connectivity index (χ4v) is 27.9. The molecule has 0 N–H and O–H groups in total. The molecule has 534 valence electrons. The maximum absolute atomic E-state index is 14.9. The predicted octanol–water partition coefficient (Wildman–Crippen LogP) is 24.4. The quantitative estimate of drug-likeness (QED) is 0.0693. The fraction of sp³-hybridized carbons (Fsp3) is 0.833. The van der Waals surface area contributed by atoms with E-state index in [1.807, 2.05) is 0 Å². The van der Waals surface area contributed by atoms with Crippen molar-refractivity contribution in [2.45, 2.75) is 334 Å². The van der Waals surface area contributed by atoms with E-state index in [1.165, 1.54) is 152 Å². The van der Waals surface area contributed by atoms with Crippen LogP contribution in [-0.4, -0.2) is 36.2 Å². The minimum absolute atomic E-state index is 0.123. The Morgan fingerprint density at radius 2 is 0.625 bits per heavy atom. The summed E-state index contributed by atoms with van der Waals surface area (Å²) in [6.45, 7) is 37.7. The number of hydrogen-bond acceptors (Lipinski definition) is 6. The molecule has 6 nitrogen and oxygen atoms in total. The summed E-state index contributed by atoms with van der Waals surface area (Å²) in [7, 11) is 0. The molecule has 0 radical (unpaired) electrons. The lowest BCUT2D eigenvalue weighted by Gasteiger charge is -2.58. The Morgan fingerprint density at radius 1 is 0.354 bits per heavy atom. The number of allylic oxidation sites excluding steroid dienone is 3. The van der Waals surface area contributed by atoms with Crippen LogP contribution in [0.25, 0.3) is 0 Å². The van der Waals surface area contributed by atoms with Crippen LogP contribution in [0.4, 0.5) is 0 Å². The average molecular weight is 1320 g/mol. The second kappa shape index (κ2) is 27.9. The third-order valence-electron chi connectivity index (χ3n) is 33.2. The molecular formula is C90H138O6. The molecule has 1 aromatic carbocycles. The second-order valence-electron chi connectivity index (χ2n) is 39.5. The van der Waals surface area contributed by atoms with Crippen molar-refractivity contribution in [1.82, 2.24) is 0 Å². The van der Waals surface area contributed by atoms with Crippen molar-refractivity contribution in [3.8, 4) is 0 Å². The third kappa shape index (κ3) is 13.1. The van der Waals surface area contributed by atoms with E-state index in [2.05, 4.69) is 122 Å². The Kier molecular flexibility index (Phi) is 20.7. The predicted molar refractivity (Wildman–Crippen MR) is 393 cm³/mol. The van der Waals surface area contributed by atoms with Gasteiger partial charge in [-0.1, -0.05) is 197 Å². The van der Waals surface area contributed by atoms with E-state index in [0.717, 1.165) is 166 Å². The van der Waals surface area contributed by atoms with Crippen molar-refractivity contribution in [2.75, 3.05) is 0 Å². The largest absolute Gasteiger partial charge is 0.458 e. The first-order valence-corrected chi connectivity index (χ1v) is 41.5. The lowest BCUT2D eigenvalue weighted by atomic mass is 9.47. The van der Waals surface area contributed by atoms with Gasteiger partial charge in [0.05, 0.1) is 16.7 Å². The lowest BCUT2D eigenvalue weighted by Crippen LogP contribution is -2.51. The van der Waals surface area contributed by atoms with Gasteiger partial charge in [-0.3, -0.25) is 0 Å². The van der Waals surface area contributed by atoms with Crippen LogP contribution in [0, 0.1) is 139 Å². The van der Waals surface area contributed by atoms with E-state index in [1.54, 1.807) is 18.2 Å². The topological polar surface area (TPSA) is 78.9 Å². The highest BCUT2D eigenvalue weighted by Crippen LogP contribution is 2.71. The molecule has 0 saturated heterocycles. The van der Waals surface area contributed by atoms with Crippen LogP contribution in [0.3, 0.4) is 0 Å². The van der Waals surface area contributed by atoms with Gasteiger partial charge in [0.15, 0.2) is 0 Å². The van der Waals surface area contributed by atoms with Crippen LogP contribution >= 0.6 is 0 Å². The molecule has 12 aliphatic rings. The molecule has 0 amide bonds. The molecule has 1 aromatic rings. The number of hydrogen-bond donors (Lipinski definition) is 0. The molecule has 24 atom stereocenters. The minimum Gasteiger partial charge on any atom is -0.458 e. The first-order valence-electron chi connectivity index (χ1n) is 41.5. The number of esters is 3. The van der Waals surface area contributed by atoms with Gasteiger partial charge >= 0.3 is 17.9 Å². The average Bonchev–Trinajstić information content (AvgIpc) is 1.45. The van der Waals surface area contributed by atoms with Gasteiger partial charge in [-0.25, -0.2) is 14.4 Å². The van der Waals surface area contributed by atoms with E-state index in [-0.39, 0.29) is 51.2 Å². The summed E-state index contributed by atoms with van der Waals surface area (Å²) >= 11 is 0. The summed E-state index contributed by atoms with van der Waals surface area (Å²) in [6.07, 6.45) is 46.8. The summed E-state index contributed by atoms with van der Waals surface area (Å²) in [5.41, 5.74) is 6.89. The molecule has 0 aromatic heterocycles. The highest BCUT2D eigenvalue weighted by atomic mass is 16.6. The van der Waals surface area contributed by atoms with Crippen LogP contribution in [-0.2, 0) is 14.2 Å². The maximum atomic E-state index is 14.9. The highest BCUT2D eigenvalue weighted by molar-refractivity contribution is 6.00. The Labute approximate surface area is 586 Å². The van der Waals surface area contributed by atoms with Gasteiger partial charge in [0.25, 0.3) is 0 Å². The molecule has 6 heteroatoms. The number of carbonyl (C=O) groups is 3. The zero-order valence-corrected chi connectivity index (χ0v) is 63.9. The van der Waals surface area contributed by atoms with Gasteiger partial charge < -0.3 is 14.2 Å². The SMILES string of the molecule is CC(C)CCC[C@@H](C)[C@H]1CC[C@H]2[C@@H]3CC=C4C[C@@H](OC(=O)c5cc(C(=O)O[C@H]6CC[C@@]7(C)C(=CC[C@H]8[C@@H]9CC[C@H]([C@H](C)CCCC(C)C)[C@@]9(C)CC[C@@H]87)C6)cc(C(=O)O[C@H]6CC[C@@]7(C)C(=CC[C@H]8[C@@H]9CC[C@H]([C@H](C)CCCC(C)C)[C@@]9(C)CC[C@@H]87)C6)c5)CC[C@]4(C)[C@H]3CC[C@]12C. The first-order chi connectivity index (χ1) is 45.7. The molecule has 9 saturated carbocycles. The van der Waals surface area contributed by atoms with Gasteiger partial charge in [-0.2, -0.15) is 0 Å². The Balaban J connectivity index is 0.697. The normalized spacial score (nSPS) is 42.3. The fourth-order valence-electron chi connectivity index (χ4n) is 27.9. The van der Waals surface area contributed by atoms with Crippen LogP contribution < -0.4 is 0 Å². The van der Waals surface area contributed by atoms with Crippen LogP contribution in [0.1, 0.15) is 347 Å². The van der Waals surface area contributed by atoms with Crippen molar-refractivity contribution in [3.63, 3.8) is 0 Å². The van der Waals surface area contributed by atoms with Crippen molar-refractivity contribution >= 4 is 17.9 Å². The minimum atomic E-state index is -0.462.